The third-order valence-electron chi connectivity index (χ3n) is 3.68. The number of rotatable bonds is 7. The van der Waals surface area contributed by atoms with E-state index in [1.807, 2.05) is 50.2 Å². The van der Waals surface area contributed by atoms with Crippen molar-refractivity contribution in [2.24, 2.45) is 0 Å². The molecule has 7 heteroatoms. The Kier molecular flexibility index (Phi) is 6.30. The van der Waals surface area contributed by atoms with Crippen LogP contribution in [0.4, 0.5) is 0 Å². The minimum Gasteiger partial charge on any atom is -0.355 e. The van der Waals surface area contributed by atoms with Crippen molar-refractivity contribution in [2.45, 2.75) is 19.9 Å². The van der Waals surface area contributed by atoms with Crippen LogP contribution in [0.3, 0.4) is 0 Å². The molecular formula is C18H24N4O3. The van der Waals surface area contributed by atoms with Crippen molar-refractivity contribution in [3.05, 3.63) is 41.6 Å². The number of nitrogens with zero attached hydrogens (tertiary/aromatic N) is 2. The fourth-order valence-electron chi connectivity index (χ4n) is 2.13. The van der Waals surface area contributed by atoms with Gasteiger partial charge in [0, 0.05) is 24.7 Å². The highest BCUT2D eigenvalue weighted by molar-refractivity contribution is 5.96. The van der Waals surface area contributed by atoms with Crippen LogP contribution in [0.15, 0.2) is 34.9 Å². The third-order valence-corrected chi connectivity index (χ3v) is 3.68. The molecule has 2 N–H and O–H groups in total. The van der Waals surface area contributed by atoms with Crippen molar-refractivity contribution in [1.29, 1.82) is 0 Å². The number of hydrogen-bond acceptors (Lipinski definition) is 5. The molecule has 0 bridgehead atoms. The second-order valence-corrected chi connectivity index (χ2v) is 6.23. The quantitative estimate of drug-likeness (QED) is 0.794. The molecule has 2 rings (SSSR count). The molecule has 1 atom stereocenters. The maximum Gasteiger partial charge on any atom is 0.274 e. The topological polar surface area (TPSA) is 87.5 Å². The van der Waals surface area contributed by atoms with Gasteiger partial charge in [-0.3, -0.25) is 9.59 Å². The number of carbonyl (C=O) groups is 2. The molecule has 0 aliphatic carbocycles. The molecule has 1 heterocycles. The van der Waals surface area contributed by atoms with E-state index >= 15 is 0 Å². The Bertz CT molecular complexity index is 722. The standard InChI is InChI=1S/C18H24N4O3/c1-12-5-7-14(8-6-12)16-11-15(21-25-16)18(24)20-13(2)17(23)19-9-10-22(3)4/h5-8,11,13H,9-10H2,1-4H3,(H,19,23)(H,20,24)/t13-/m1/s1. The van der Waals surface area contributed by atoms with Crippen LogP contribution < -0.4 is 10.6 Å². The van der Waals surface area contributed by atoms with Gasteiger partial charge in [-0.15, -0.1) is 0 Å². The summed E-state index contributed by atoms with van der Waals surface area (Å²) in [7, 11) is 3.85. The summed E-state index contributed by atoms with van der Waals surface area (Å²) in [6, 6.07) is 8.62. The lowest BCUT2D eigenvalue weighted by atomic mass is 10.1. The zero-order chi connectivity index (χ0) is 18.4. The normalized spacial score (nSPS) is 12.0. The van der Waals surface area contributed by atoms with Crippen molar-refractivity contribution < 1.29 is 14.1 Å². The minimum atomic E-state index is -0.658. The molecular weight excluding hydrogens is 320 g/mol. The average molecular weight is 344 g/mol. The predicted molar refractivity (Wildman–Crippen MR) is 95.2 cm³/mol. The zero-order valence-electron chi connectivity index (χ0n) is 15.0. The molecule has 0 saturated heterocycles. The van der Waals surface area contributed by atoms with Gasteiger partial charge in [0.15, 0.2) is 11.5 Å². The second-order valence-electron chi connectivity index (χ2n) is 6.23. The van der Waals surface area contributed by atoms with Gasteiger partial charge in [-0.25, -0.2) is 0 Å². The van der Waals surface area contributed by atoms with Gasteiger partial charge in [0.25, 0.3) is 5.91 Å². The summed E-state index contributed by atoms with van der Waals surface area (Å²) in [6.45, 7) is 4.88. The number of aryl methyl sites for hydroxylation is 1. The lowest BCUT2D eigenvalue weighted by Gasteiger charge is -2.15. The van der Waals surface area contributed by atoms with E-state index in [-0.39, 0.29) is 11.6 Å². The monoisotopic (exact) mass is 344 g/mol. The van der Waals surface area contributed by atoms with Gasteiger partial charge in [0.05, 0.1) is 0 Å². The van der Waals surface area contributed by atoms with E-state index in [0.717, 1.165) is 17.7 Å². The van der Waals surface area contributed by atoms with E-state index in [1.54, 1.807) is 13.0 Å². The van der Waals surface area contributed by atoms with Gasteiger partial charge in [-0.1, -0.05) is 35.0 Å². The number of aromatic nitrogens is 1. The molecule has 1 aromatic carbocycles. The van der Waals surface area contributed by atoms with Crippen molar-refractivity contribution in [1.82, 2.24) is 20.7 Å². The highest BCUT2D eigenvalue weighted by Gasteiger charge is 2.19. The van der Waals surface area contributed by atoms with Gasteiger partial charge in [0.2, 0.25) is 5.91 Å². The van der Waals surface area contributed by atoms with E-state index in [1.165, 1.54) is 0 Å². The molecule has 0 fully saturated rings. The Morgan fingerprint density at radius 2 is 1.92 bits per heavy atom. The number of carbonyl (C=O) groups excluding carboxylic acids is 2. The first-order valence-corrected chi connectivity index (χ1v) is 8.14. The van der Waals surface area contributed by atoms with Gasteiger partial charge >= 0.3 is 0 Å². The van der Waals surface area contributed by atoms with E-state index in [9.17, 15) is 9.59 Å². The van der Waals surface area contributed by atoms with Gasteiger partial charge in [-0.05, 0) is 27.9 Å². The number of hydrogen-bond donors (Lipinski definition) is 2. The number of benzene rings is 1. The van der Waals surface area contributed by atoms with Crippen molar-refractivity contribution >= 4 is 11.8 Å². The molecule has 0 saturated carbocycles. The van der Waals surface area contributed by atoms with Crippen LogP contribution in [0.1, 0.15) is 23.0 Å². The predicted octanol–water partition coefficient (Wildman–Crippen LogP) is 1.45. The summed E-state index contributed by atoms with van der Waals surface area (Å²) < 4.78 is 5.23. The highest BCUT2D eigenvalue weighted by Crippen LogP contribution is 2.20. The van der Waals surface area contributed by atoms with Crippen LogP contribution in [-0.4, -0.2) is 55.1 Å². The summed E-state index contributed by atoms with van der Waals surface area (Å²) in [5.41, 5.74) is 2.12. The lowest BCUT2D eigenvalue weighted by Crippen LogP contribution is -2.46. The van der Waals surface area contributed by atoms with Crippen molar-refractivity contribution in [3.63, 3.8) is 0 Å². The maximum atomic E-state index is 12.2. The average Bonchev–Trinajstić information content (AvgIpc) is 3.05. The number of likely N-dealkylation sites (N-methyl/N-ethyl adjacent to an activating group) is 1. The number of nitrogens with one attached hydrogen (secondary N) is 2. The number of amides is 2. The smallest absolute Gasteiger partial charge is 0.274 e. The molecule has 0 aliphatic rings. The van der Waals surface area contributed by atoms with Crippen LogP contribution in [0.5, 0.6) is 0 Å². The Hall–Kier alpha value is -2.67. The molecule has 25 heavy (non-hydrogen) atoms. The highest BCUT2D eigenvalue weighted by atomic mass is 16.5. The molecule has 0 aliphatic heterocycles. The van der Waals surface area contributed by atoms with Gasteiger partial charge < -0.3 is 20.1 Å². The fourth-order valence-corrected chi connectivity index (χ4v) is 2.13. The Morgan fingerprint density at radius 1 is 1.24 bits per heavy atom. The van der Waals surface area contributed by atoms with Gasteiger partial charge in [-0.2, -0.15) is 0 Å². The van der Waals surface area contributed by atoms with Crippen LogP contribution in [0, 0.1) is 6.92 Å². The van der Waals surface area contributed by atoms with E-state index in [2.05, 4.69) is 15.8 Å². The molecule has 0 unspecified atom stereocenters. The van der Waals surface area contributed by atoms with Crippen LogP contribution >= 0.6 is 0 Å². The summed E-state index contributed by atoms with van der Waals surface area (Å²) in [5, 5.41) is 9.18. The molecule has 7 nitrogen and oxygen atoms in total. The zero-order valence-corrected chi connectivity index (χ0v) is 15.0. The molecule has 2 aromatic rings. The van der Waals surface area contributed by atoms with Crippen LogP contribution in [-0.2, 0) is 4.79 Å². The first kappa shape index (κ1) is 18.7. The Labute approximate surface area is 147 Å². The Balaban J connectivity index is 1.92. The van der Waals surface area contributed by atoms with E-state index in [4.69, 9.17) is 4.52 Å². The second kappa shape index (κ2) is 8.43. The summed E-state index contributed by atoms with van der Waals surface area (Å²) in [6.07, 6.45) is 0. The summed E-state index contributed by atoms with van der Waals surface area (Å²) in [4.78, 5) is 26.1. The molecule has 0 spiro atoms. The largest absolute Gasteiger partial charge is 0.355 e. The summed E-state index contributed by atoms with van der Waals surface area (Å²) in [5.74, 6) is -0.178. The lowest BCUT2D eigenvalue weighted by molar-refractivity contribution is -0.122. The first-order chi connectivity index (χ1) is 11.9. The van der Waals surface area contributed by atoms with Gasteiger partial charge in [0.1, 0.15) is 6.04 Å². The van der Waals surface area contributed by atoms with Crippen molar-refractivity contribution in [3.8, 4) is 11.3 Å². The molecule has 134 valence electrons. The van der Waals surface area contributed by atoms with Crippen LogP contribution in [0.2, 0.25) is 0 Å². The van der Waals surface area contributed by atoms with E-state index < -0.39 is 11.9 Å². The molecule has 1 aromatic heterocycles. The third kappa shape index (κ3) is 5.42. The SMILES string of the molecule is Cc1ccc(-c2cc(C(=O)N[C@H](C)C(=O)NCCN(C)C)no2)cc1. The van der Waals surface area contributed by atoms with Crippen LogP contribution in [0.25, 0.3) is 11.3 Å². The maximum absolute atomic E-state index is 12.2. The first-order valence-electron chi connectivity index (χ1n) is 8.14. The summed E-state index contributed by atoms with van der Waals surface area (Å²) >= 11 is 0. The van der Waals surface area contributed by atoms with E-state index in [0.29, 0.717) is 12.3 Å². The fraction of sp³-hybridized carbons (Fsp3) is 0.389. The molecule has 2 amide bonds. The molecule has 0 radical (unpaired) electrons. The van der Waals surface area contributed by atoms with Crippen molar-refractivity contribution in [2.75, 3.05) is 27.2 Å². The Morgan fingerprint density at radius 3 is 2.56 bits per heavy atom. The minimum absolute atomic E-state index is 0.142.